The third kappa shape index (κ3) is 4.04. The van der Waals surface area contributed by atoms with Gasteiger partial charge < -0.3 is 15.4 Å². The monoisotopic (exact) mass is 250 g/mol. The first kappa shape index (κ1) is 14.5. The summed E-state index contributed by atoms with van der Waals surface area (Å²) < 4.78 is 5.61. The van der Waals surface area contributed by atoms with Gasteiger partial charge in [0.1, 0.15) is 5.75 Å². The largest absolute Gasteiger partial charge is 0.483 e. The van der Waals surface area contributed by atoms with E-state index in [-0.39, 0.29) is 12.5 Å². The number of aryl methyl sites for hydroxylation is 2. The van der Waals surface area contributed by atoms with E-state index in [2.05, 4.69) is 0 Å². The van der Waals surface area contributed by atoms with Gasteiger partial charge in [0.15, 0.2) is 6.61 Å². The van der Waals surface area contributed by atoms with Gasteiger partial charge in [-0.15, -0.1) is 0 Å². The van der Waals surface area contributed by atoms with E-state index in [0.29, 0.717) is 13.1 Å². The van der Waals surface area contributed by atoms with Crippen LogP contribution in [-0.4, -0.2) is 37.6 Å². The molecule has 2 N–H and O–H groups in total. The molecule has 0 radical (unpaired) electrons. The molecule has 0 saturated carbocycles. The van der Waals surface area contributed by atoms with Crippen LogP contribution in [0.15, 0.2) is 18.2 Å². The molecule has 4 heteroatoms. The molecule has 0 spiro atoms. The summed E-state index contributed by atoms with van der Waals surface area (Å²) in [5.41, 5.74) is 7.51. The van der Waals surface area contributed by atoms with Crippen LogP contribution >= 0.6 is 0 Å². The summed E-state index contributed by atoms with van der Waals surface area (Å²) in [4.78, 5) is 13.5. The summed E-state index contributed by atoms with van der Waals surface area (Å²) in [6.45, 7) is 5.30. The lowest BCUT2D eigenvalue weighted by Crippen LogP contribution is -2.33. The number of benzene rings is 1. The fourth-order valence-corrected chi connectivity index (χ4v) is 1.72. The van der Waals surface area contributed by atoms with E-state index in [0.717, 1.165) is 23.3 Å². The van der Waals surface area contributed by atoms with Crippen LogP contribution in [0.2, 0.25) is 0 Å². The Morgan fingerprint density at radius 3 is 2.50 bits per heavy atom. The van der Waals surface area contributed by atoms with Gasteiger partial charge in [0.05, 0.1) is 0 Å². The molecule has 0 bridgehead atoms. The molecule has 1 rings (SSSR count). The number of hydrogen-bond acceptors (Lipinski definition) is 3. The molecule has 0 aromatic heterocycles. The summed E-state index contributed by atoms with van der Waals surface area (Å²) in [5.74, 6) is 0.782. The molecule has 0 aliphatic carbocycles. The van der Waals surface area contributed by atoms with Crippen molar-refractivity contribution in [2.45, 2.75) is 20.3 Å². The smallest absolute Gasteiger partial charge is 0.260 e. The molecule has 100 valence electrons. The fraction of sp³-hybridized carbons (Fsp3) is 0.500. The Balaban J connectivity index is 2.52. The van der Waals surface area contributed by atoms with E-state index in [1.54, 1.807) is 11.9 Å². The number of carbonyl (C=O) groups is 1. The van der Waals surface area contributed by atoms with Gasteiger partial charge in [0.2, 0.25) is 0 Å². The Morgan fingerprint density at radius 2 is 1.94 bits per heavy atom. The van der Waals surface area contributed by atoms with Gasteiger partial charge in [-0.05, 0) is 37.9 Å². The normalized spacial score (nSPS) is 10.2. The first-order valence-corrected chi connectivity index (χ1v) is 6.19. The van der Waals surface area contributed by atoms with Gasteiger partial charge in [-0.2, -0.15) is 0 Å². The van der Waals surface area contributed by atoms with Gasteiger partial charge in [-0.25, -0.2) is 0 Å². The van der Waals surface area contributed by atoms with Crippen molar-refractivity contribution in [2.24, 2.45) is 5.73 Å². The van der Waals surface area contributed by atoms with Crippen LogP contribution in [0, 0.1) is 13.8 Å². The number of rotatable bonds is 6. The third-order valence-electron chi connectivity index (χ3n) is 2.87. The lowest BCUT2D eigenvalue weighted by Gasteiger charge is -2.18. The second kappa shape index (κ2) is 7.01. The van der Waals surface area contributed by atoms with Crippen molar-refractivity contribution in [1.29, 1.82) is 0 Å². The molecule has 0 saturated heterocycles. The standard InChI is InChI=1S/C14H22N2O2/c1-11-6-4-7-12(2)14(11)18-10-13(17)16(3)9-5-8-15/h4,6-7H,5,8-10,15H2,1-3H3. The predicted molar refractivity (Wildman–Crippen MR) is 72.7 cm³/mol. The zero-order chi connectivity index (χ0) is 13.5. The Kier molecular flexibility index (Phi) is 5.65. The summed E-state index contributed by atoms with van der Waals surface area (Å²) in [5, 5.41) is 0. The zero-order valence-electron chi connectivity index (χ0n) is 11.4. The zero-order valence-corrected chi connectivity index (χ0v) is 11.4. The van der Waals surface area contributed by atoms with Crippen LogP contribution in [0.25, 0.3) is 0 Å². The molecular weight excluding hydrogens is 228 g/mol. The Hall–Kier alpha value is -1.55. The number of para-hydroxylation sites is 1. The van der Waals surface area contributed by atoms with E-state index in [4.69, 9.17) is 10.5 Å². The minimum absolute atomic E-state index is 0.0221. The number of ether oxygens (including phenoxy) is 1. The number of carbonyl (C=O) groups excluding carboxylic acids is 1. The Labute approximate surface area is 109 Å². The molecule has 0 atom stereocenters. The minimum Gasteiger partial charge on any atom is -0.483 e. The van der Waals surface area contributed by atoms with Crippen molar-refractivity contribution in [3.63, 3.8) is 0 Å². The molecule has 0 aliphatic rings. The maximum atomic E-state index is 11.8. The maximum absolute atomic E-state index is 11.8. The fourth-order valence-electron chi connectivity index (χ4n) is 1.72. The van der Waals surface area contributed by atoms with Crippen molar-refractivity contribution in [1.82, 2.24) is 4.90 Å². The number of hydrogen-bond donors (Lipinski definition) is 1. The average Bonchev–Trinajstić information content (AvgIpc) is 2.35. The molecule has 0 heterocycles. The number of nitrogens with two attached hydrogens (primary N) is 1. The van der Waals surface area contributed by atoms with Gasteiger partial charge in [0.25, 0.3) is 5.91 Å². The van der Waals surface area contributed by atoms with Crippen LogP contribution in [0.5, 0.6) is 5.75 Å². The topological polar surface area (TPSA) is 55.6 Å². The average molecular weight is 250 g/mol. The highest BCUT2D eigenvalue weighted by molar-refractivity contribution is 5.77. The molecule has 1 amide bonds. The van der Waals surface area contributed by atoms with E-state index in [9.17, 15) is 4.79 Å². The van der Waals surface area contributed by atoms with Crippen molar-refractivity contribution in [3.05, 3.63) is 29.3 Å². The van der Waals surface area contributed by atoms with Gasteiger partial charge >= 0.3 is 0 Å². The first-order valence-electron chi connectivity index (χ1n) is 6.19. The molecule has 4 nitrogen and oxygen atoms in total. The van der Waals surface area contributed by atoms with Crippen LogP contribution in [0.1, 0.15) is 17.5 Å². The van der Waals surface area contributed by atoms with E-state index in [1.165, 1.54) is 0 Å². The molecule has 1 aromatic carbocycles. The van der Waals surface area contributed by atoms with Crippen molar-refractivity contribution < 1.29 is 9.53 Å². The molecule has 0 aliphatic heterocycles. The lowest BCUT2D eigenvalue weighted by molar-refractivity contribution is -0.132. The second-order valence-electron chi connectivity index (χ2n) is 4.47. The van der Waals surface area contributed by atoms with Gasteiger partial charge in [-0.1, -0.05) is 18.2 Å². The Morgan fingerprint density at radius 1 is 1.33 bits per heavy atom. The van der Waals surface area contributed by atoms with Crippen LogP contribution < -0.4 is 10.5 Å². The molecule has 1 aromatic rings. The quantitative estimate of drug-likeness (QED) is 0.832. The molecule has 0 unspecified atom stereocenters. The number of amides is 1. The molecular formula is C14H22N2O2. The maximum Gasteiger partial charge on any atom is 0.260 e. The van der Waals surface area contributed by atoms with Crippen molar-refractivity contribution >= 4 is 5.91 Å². The second-order valence-corrected chi connectivity index (χ2v) is 4.47. The summed E-state index contributed by atoms with van der Waals surface area (Å²) in [6.07, 6.45) is 0.811. The SMILES string of the molecule is Cc1cccc(C)c1OCC(=O)N(C)CCCN. The molecule has 18 heavy (non-hydrogen) atoms. The van der Waals surface area contributed by atoms with Gasteiger partial charge in [0, 0.05) is 13.6 Å². The summed E-state index contributed by atoms with van der Waals surface area (Å²) in [6, 6.07) is 5.93. The minimum atomic E-state index is -0.0221. The van der Waals surface area contributed by atoms with E-state index in [1.807, 2.05) is 32.0 Å². The number of nitrogens with zero attached hydrogens (tertiary/aromatic N) is 1. The van der Waals surface area contributed by atoms with Crippen LogP contribution in [0.4, 0.5) is 0 Å². The number of likely N-dealkylation sites (N-methyl/N-ethyl adjacent to an activating group) is 1. The Bertz CT molecular complexity index is 385. The highest BCUT2D eigenvalue weighted by Gasteiger charge is 2.10. The van der Waals surface area contributed by atoms with E-state index < -0.39 is 0 Å². The van der Waals surface area contributed by atoms with Crippen molar-refractivity contribution in [3.8, 4) is 5.75 Å². The first-order chi connectivity index (χ1) is 8.56. The highest BCUT2D eigenvalue weighted by Crippen LogP contribution is 2.22. The summed E-state index contributed by atoms with van der Waals surface area (Å²) in [7, 11) is 1.77. The lowest BCUT2D eigenvalue weighted by atomic mass is 10.1. The van der Waals surface area contributed by atoms with Crippen LogP contribution in [0.3, 0.4) is 0 Å². The van der Waals surface area contributed by atoms with E-state index >= 15 is 0 Å². The van der Waals surface area contributed by atoms with Crippen molar-refractivity contribution in [2.75, 3.05) is 26.7 Å². The summed E-state index contributed by atoms with van der Waals surface area (Å²) >= 11 is 0. The van der Waals surface area contributed by atoms with Crippen LogP contribution in [-0.2, 0) is 4.79 Å². The predicted octanol–water partition coefficient (Wildman–Crippen LogP) is 1.49. The van der Waals surface area contributed by atoms with Gasteiger partial charge in [-0.3, -0.25) is 4.79 Å². The third-order valence-corrected chi connectivity index (χ3v) is 2.87. The highest BCUT2D eigenvalue weighted by atomic mass is 16.5. The molecule has 0 fully saturated rings.